The van der Waals surface area contributed by atoms with Crippen LogP contribution in [0.5, 0.6) is 5.75 Å². The number of fused-ring (bicyclic) bond motifs is 2. The molecule has 0 heterocycles. The lowest BCUT2D eigenvalue weighted by Gasteiger charge is -2.21. The number of aryl methyl sites for hydroxylation is 1. The van der Waals surface area contributed by atoms with Crippen LogP contribution < -0.4 is 5.32 Å². The highest BCUT2D eigenvalue weighted by atomic mass is 16.3. The standard InChI is InChI=1S/C16H21NO2/c1-10-2-5-14(15(18)6-10)17-16(19)9-13-8-11-3-4-12(13)7-11/h2,5-6,11-13,18H,3-4,7-9H2,1H3,(H,17,19)/t11-,12-,13+/m1/s1. The van der Waals surface area contributed by atoms with Crippen LogP contribution in [-0.4, -0.2) is 11.0 Å². The van der Waals surface area contributed by atoms with Crippen molar-refractivity contribution in [1.29, 1.82) is 0 Å². The predicted octanol–water partition coefficient (Wildman–Crippen LogP) is 3.47. The molecule has 3 nitrogen and oxygen atoms in total. The lowest BCUT2D eigenvalue weighted by atomic mass is 9.86. The Morgan fingerprint density at radius 2 is 2.21 bits per heavy atom. The Morgan fingerprint density at radius 3 is 2.84 bits per heavy atom. The Labute approximate surface area is 114 Å². The first-order valence-electron chi connectivity index (χ1n) is 7.21. The number of anilines is 1. The average molecular weight is 259 g/mol. The van der Waals surface area contributed by atoms with Gasteiger partial charge in [0.25, 0.3) is 0 Å². The van der Waals surface area contributed by atoms with Crippen molar-refractivity contribution in [3.63, 3.8) is 0 Å². The molecular weight excluding hydrogens is 238 g/mol. The minimum Gasteiger partial charge on any atom is -0.506 e. The van der Waals surface area contributed by atoms with Crippen LogP contribution in [0, 0.1) is 24.7 Å². The van der Waals surface area contributed by atoms with E-state index in [2.05, 4.69) is 5.32 Å². The number of benzene rings is 1. The number of phenols is 1. The van der Waals surface area contributed by atoms with E-state index in [0.717, 1.165) is 17.4 Å². The van der Waals surface area contributed by atoms with Crippen molar-refractivity contribution < 1.29 is 9.90 Å². The maximum atomic E-state index is 12.1. The molecule has 1 aromatic carbocycles. The van der Waals surface area contributed by atoms with Crippen molar-refractivity contribution in [2.24, 2.45) is 17.8 Å². The molecule has 2 saturated carbocycles. The molecule has 0 spiro atoms. The SMILES string of the molecule is Cc1ccc(NC(=O)C[C@@H]2C[C@@H]3CC[C@@H]2C3)c(O)c1. The van der Waals surface area contributed by atoms with Crippen molar-refractivity contribution in [3.8, 4) is 5.75 Å². The fourth-order valence-electron chi connectivity index (χ4n) is 3.81. The summed E-state index contributed by atoms with van der Waals surface area (Å²) in [5.74, 6) is 2.39. The molecule has 2 fully saturated rings. The molecule has 2 aliphatic rings. The molecule has 0 aromatic heterocycles. The lowest BCUT2D eigenvalue weighted by molar-refractivity contribution is -0.117. The molecule has 3 rings (SSSR count). The van der Waals surface area contributed by atoms with Gasteiger partial charge in [0.15, 0.2) is 0 Å². The van der Waals surface area contributed by atoms with Gasteiger partial charge in [-0.2, -0.15) is 0 Å². The van der Waals surface area contributed by atoms with Gasteiger partial charge in [0.1, 0.15) is 5.75 Å². The summed E-state index contributed by atoms with van der Waals surface area (Å²) in [7, 11) is 0. The second kappa shape index (κ2) is 4.87. The van der Waals surface area contributed by atoms with Gasteiger partial charge in [-0.3, -0.25) is 4.79 Å². The third kappa shape index (κ3) is 2.60. The quantitative estimate of drug-likeness (QED) is 0.817. The topological polar surface area (TPSA) is 49.3 Å². The van der Waals surface area contributed by atoms with E-state index in [1.54, 1.807) is 12.1 Å². The molecule has 0 aliphatic heterocycles. The molecule has 2 N–H and O–H groups in total. The van der Waals surface area contributed by atoms with E-state index < -0.39 is 0 Å². The van der Waals surface area contributed by atoms with Gasteiger partial charge in [-0.25, -0.2) is 0 Å². The van der Waals surface area contributed by atoms with Crippen LogP contribution in [0.2, 0.25) is 0 Å². The van der Waals surface area contributed by atoms with Crippen LogP contribution >= 0.6 is 0 Å². The van der Waals surface area contributed by atoms with Crippen molar-refractivity contribution in [3.05, 3.63) is 23.8 Å². The van der Waals surface area contributed by atoms with Gasteiger partial charge in [0, 0.05) is 6.42 Å². The molecule has 1 amide bonds. The van der Waals surface area contributed by atoms with E-state index in [1.807, 2.05) is 13.0 Å². The number of rotatable bonds is 3. The van der Waals surface area contributed by atoms with Gasteiger partial charge in [0.05, 0.1) is 5.69 Å². The molecule has 3 heteroatoms. The third-order valence-corrected chi connectivity index (χ3v) is 4.76. The molecule has 0 unspecified atom stereocenters. The number of amides is 1. The fourth-order valence-corrected chi connectivity index (χ4v) is 3.81. The summed E-state index contributed by atoms with van der Waals surface area (Å²) in [6, 6.07) is 5.34. The molecule has 19 heavy (non-hydrogen) atoms. The first-order chi connectivity index (χ1) is 9.11. The molecule has 102 valence electrons. The summed E-state index contributed by atoms with van der Waals surface area (Å²) in [6.45, 7) is 1.92. The Balaban J connectivity index is 1.59. The van der Waals surface area contributed by atoms with Crippen LogP contribution in [0.3, 0.4) is 0 Å². The molecule has 3 atom stereocenters. The van der Waals surface area contributed by atoms with Crippen molar-refractivity contribution in [2.75, 3.05) is 5.32 Å². The number of hydrogen-bond donors (Lipinski definition) is 2. The highest BCUT2D eigenvalue weighted by molar-refractivity contribution is 5.92. The van der Waals surface area contributed by atoms with Crippen LogP contribution in [0.4, 0.5) is 5.69 Å². The van der Waals surface area contributed by atoms with Crippen molar-refractivity contribution >= 4 is 11.6 Å². The average Bonchev–Trinajstić information content (AvgIpc) is 2.95. The number of carbonyl (C=O) groups excluding carboxylic acids is 1. The second-order valence-electron chi connectivity index (χ2n) is 6.21. The summed E-state index contributed by atoms with van der Waals surface area (Å²) >= 11 is 0. The summed E-state index contributed by atoms with van der Waals surface area (Å²) in [6.07, 6.45) is 5.82. The minimum absolute atomic E-state index is 0.0386. The Bertz CT molecular complexity index is 498. The first-order valence-corrected chi connectivity index (χ1v) is 7.21. The Kier molecular flexibility index (Phi) is 3.21. The predicted molar refractivity (Wildman–Crippen MR) is 75.0 cm³/mol. The van der Waals surface area contributed by atoms with Gasteiger partial charge in [-0.15, -0.1) is 0 Å². The van der Waals surface area contributed by atoms with Crippen LogP contribution in [0.1, 0.15) is 37.7 Å². The molecular formula is C16H21NO2. The zero-order chi connectivity index (χ0) is 13.4. The highest BCUT2D eigenvalue weighted by Crippen LogP contribution is 2.49. The smallest absolute Gasteiger partial charge is 0.224 e. The van der Waals surface area contributed by atoms with E-state index in [1.165, 1.54) is 25.7 Å². The number of phenolic OH excluding ortho intramolecular Hbond substituents is 1. The Hall–Kier alpha value is -1.51. The molecule has 0 radical (unpaired) electrons. The molecule has 1 aromatic rings. The summed E-state index contributed by atoms with van der Waals surface area (Å²) in [5, 5.41) is 12.6. The summed E-state index contributed by atoms with van der Waals surface area (Å²) < 4.78 is 0. The molecule has 2 bridgehead atoms. The first kappa shape index (κ1) is 12.5. The summed E-state index contributed by atoms with van der Waals surface area (Å²) in [4.78, 5) is 12.1. The summed E-state index contributed by atoms with van der Waals surface area (Å²) in [5.41, 5.74) is 1.52. The maximum absolute atomic E-state index is 12.1. The van der Waals surface area contributed by atoms with Gasteiger partial charge >= 0.3 is 0 Å². The van der Waals surface area contributed by atoms with Crippen molar-refractivity contribution in [1.82, 2.24) is 0 Å². The molecule has 0 saturated heterocycles. The number of hydrogen-bond acceptors (Lipinski definition) is 2. The van der Waals surface area contributed by atoms with E-state index in [9.17, 15) is 9.90 Å². The third-order valence-electron chi connectivity index (χ3n) is 4.76. The normalized spacial score (nSPS) is 28.6. The second-order valence-corrected chi connectivity index (χ2v) is 6.21. The van der Waals surface area contributed by atoms with Crippen LogP contribution in [0.15, 0.2) is 18.2 Å². The molecule has 2 aliphatic carbocycles. The fraction of sp³-hybridized carbons (Fsp3) is 0.562. The zero-order valence-electron chi connectivity index (χ0n) is 11.4. The van der Waals surface area contributed by atoms with Gasteiger partial charge in [-0.05, 0) is 61.6 Å². The van der Waals surface area contributed by atoms with Crippen LogP contribution in [-0.2, 0) is 4.79 Å². The number of carbonyl (C=O) groups is 1. The highest BCUT2D eigenvalue weighted by Gasteiger charge is 2.40. The van der Waals surface area contributed by atoms with E-state index in [0.29, 0.717) is 18.0 Å². The number of nitrogens with one attached hydrogen (secondary N) is 1. The van der Waals surface area contributed by atoms with E-state index >= 15 is 0 Å². The zero-order valence-corrected chi connectivity index (χ0v) is 11.4. The van der Waals surface area contributed by atoms with Gasteiger partial charge in [0.2, 0.25) is 5.91 Å². The maximum Gasteiger partial charge on any atom is 0.224 e. The largest absolute Gasteiger partial charge is 0.506 e. The lowest BCUT2D eigenvalue weighted by Crippen LogP contribution is -2.20. The van der Waals surface area contributed by atoms with Gasteiger partial charge < -0.3 is 10.4 Å². The number of aromatic hydroxyl groups is 1. The van der Waals surface area contributed by atoms with Gasteiger partial charge in [-0.1, -0.05) is 12.5 Å². The van der Waals surface area contributed by atoms with Crippen molar-refractivity contribution in [2.45, 2.75) is 39.0 Å². The minimum atomic E-state index is 0.0386. The Morgan fingerprint density at radius 1 is 1.37 bits per heavy atom. The van der Waals surface area contributed by atoms with Crippen LogP contribution in [0.25, 0.3) is 0 Å². The van der Waals surface area contributed by atoms with E-state index in [4.69, 9.17) is 0 Å². The van der Waals surface area contributed by atoms with E-state index in [-0.39, 0.29) is 11.7 Å². The monoisotopic (exact) mass is 259 g/mol.